The molecule has 1 saturated heterocycles. The molecule has 2 aromatic carbocycles. The Morgan fingerprint density at radius 3 is 2.64 bits per heavy atom. The molecule has 7 nitrogen and oxygen atoms in total. The summed E-state index contributed by atoms with van der Waals surface area (Å²) in [4.78, 5) is 4.47. The maximum Gasteiger partial charge on any atom is 0.280 e. The number of hydrogen-bond donors (Lipinski definition) is 0. The molecule has 4 aromatic rings. The molecule has 1 unspecified atom stereocenters. The van der Waals surface area contributed by atoms with E-state index >= 15 is 0 Å². The summed E-state index contributed by atoms with van der Waals surface area (Å²) in [6.45, 7) is 0.631. The zero-order valence-electron chi connectivity index (χ0n) is 14.8. The molecule has 1 atom stereocenters. The minimum atomic E-state index is -0.395. The first-order valence-corrected chi connectivity index (χ1v) is 9.03. The Hall–Kier alpha value is -3.39. The largest absolute Gasteiger partial charge is 0.372 e. The van der Waals surface area contributed by atoms with Crippen LogP contribution < -0.4 is 0 Å². The molecule has 0 N–H and O–H groups in total. The second kappa shape index (κ2) is 6.97. The number of para-hydroxylation sites is 1. The molecule has 8 heteroatoms. The van der Waals surface area contributed by atoms with Gasteiger partial charge in [-0.15, -0.1) is 5.10 Å². The maximum absolute atomic E-state index is 14.4. The topological polar surface area (TPSA) is 78.9 Å². The van der Waals surface area contributed by atoms with Gasteiger partial charge in [0.05, 0.1) is 0 Å². The minimum absolute atomic E-state index is 0.229. The van der Waals surface area contributed by atoms with Crippen molar-refractivity contribution in [3.63, 3.8) is 0 Å². The van der Waals surface area contributed by atoms with E-state index in [1.807, 2.05) is 30.3 Å². The number of halogens is 1. The Morgan fingerprint density at radius 2 is 1.86 bits per heavy atom. The fraction of sp³-hybridized carbons (Fsp3) is 0.200. The third kappa shape index (κ3) is 2.87. The summed E-state index contributed by atoms with van der Waals surface area (Å²) in [7, 11) is 0. The molecular formula is C20H16FN5O2. The Morgan fingerprint density at radius 1 is 1.04 bits per heavy atom. The summed E-state index contributed by atoms with van der Waals surface area (Å²) in [5.74, 6) is 0.287. The Balaban J connectivity index is 1.62. The van der Waals surface area contributed by atoms with Gasteiger partial charge >= 0.3 is 0 Å². The van der Waals surface area contributed by atoms with Crippen LogP contribution >= 0.6 is 0 Å². The van der Waals surface area contributed by atoms with Crippen LogP contribution in [-0.2, 0) is 4.74 Å². The standard InChI is InChI=1S/C20H16FN5O2/c21-14-9-4-5-10-15(14)26-18(16-11-6-12-27-16)17(23-25-26)20-22-19(24-28-20)13-7-2-1-3-8-13/h1-5,7-10,16H,6,11-12H2. The average Bonchev–Trinajstić information content (AvgIpc) is 3.48. The Kier molecular flexibility index (Phi) is 4.17. The van der Waals surface area contributed by atoms with E-state index in [2.05, 4.69) is 20.5 Å². The number of aromatic nitrogens is 5. The summed E-state index contributed by atoms with van der Waals surface area (Å²) in [6, 6.07) is 15.9. The first-order valence-electron chi connectivity index (χ1n) is 9.03. The normalized spacial score (nSPS) is 16.5. The van der Waals surface area contributed by atoms with Gasteiger partial charge in [-0.3, -0.25) is 0 Å². The number of benzene rings is 2. The molecule has 0 aliphatic carbocycles. The van der Waals surface area contributed by atoms with E-state index in [4.69, 9.17) is 9.26 Å². The molecule has 0 saturated carbocycles. The first-order chi connectivity index (χ1) is 13.8. The van der Waals surface area contributed by atoms with Crippen LogP contribution in [0.4, 0.5) is 4.39 Å². The molecule has 5 rings (SSSR count). The summed E-state index contributed by atoms with van der Waals surface area (Å²) < 4.78 is 27.2. The fourth-order valence-corrected chi connectivity index (χ4v) is 3.35. The third-order valence-electron chi connectivity index (χ3n) is 4.68. The van der Waals surface area contributed by atoms with Crippen molar-refractivity contribution in [3.05, 3.63) is 66.1 Å². The quantitative estimate of drug-likeness (QED) is 0.535. The van der Waals surface area contributed by atoms with Gasteiger partial charge in [0.15, 0.2) is 5.69 Å². The fourth-order valence-electron chi connectivity index (χ4n) is 3.35. The molecule has 3 heterocycles. The van der Waals surface area contributed by atoms with Crippen molar-refractivity contribution < 1.29 is 13.7 Å². The van der Waals surface area contributed by atoms with Crippen molar-refractivity contribution in [1.82, 2.24) is 25.1 Å². The van der Waals surface area contributed by atoms with Crippen LogP contribution in [0.5, 0.6) is 0 Å². The van der Waals surface area contributed by atoms with Gasteiger partial charge in [-0.05, 0) is 25.0 Å². The van der Waals surface area contributed by atoms with E-state index < -0.39 is 5.82 Å². The van der Waals surface area contributed by atoms with Crippen LogP contribution in [0.15, 0.2) is 59.1 Å². The monoisotopic (exact) mass is 377 g/mol. The van der Waals surface area contributed by atoms with Gasteiger partial charge in [0.2, 0.25) is 5.82 Å². The second-order valence-electron chi connectivity index (χ2n) is 6.48. The predicted octanol–water partition coefficient (Wildman–Crippen LogP) is 3.97. The van der Waals surface area contributed by atoms with Gasteiger partial charge < -0.3 is 9.26 Å². The van der Waals surface area contributed by atoms with Crippen LogP contribution in [0.3, 0.4) is 0 Å². The van der Waals surface area contributed by atoms with E-state index in [0.29, 0.717) is 29.5 Å². The molecule has 0 amide bonds. The molecular weight excluding hydrogens is 361 g/mol. The average molecular weight is 377 g/mol. The lowest BCUT2D eigenvalue weighted by Gasteiger charge is -2.13. The van der Waals surface area contributed by atoms with Gasteiger partial charge in [-0.1, -0.05) is 52.8 Å². The second-order valence-corrected chi connectivity index (χ2v) is 6.48. The lowest BCUT2D eigenvalue weighted by molar-refractivity contribution is 0.107. The molecule has 1 aliphatic heterocycles. The molecule has 2 aromatic heterocycles. The predicted molar refractivity (Wildman–Crippen MR) is 98.0 cm³/mol. The summed E-state index contributed by atoms with van der Waals surface area (Å²) in [5.41, 5.74) is 2.16. The summed E-state index contributed by atoms with van der Waals surface area (Å²) in [5, 5.41) is 12.4. The molecule has 140 valence electrons. The molecule has 1 fully saturated rings. The smallest absolute Gasteiger partial charge is 0.280 e. The highest BCUT2D eigenvalue weighted by molar-refractivity contribution is 5.59. The van der Waals surface area contributed by atoms with Crippen LogP contribution in [0, 0.1) is 5.82 Å². The number of ether oxygens (including phenoxy) is 1. The van der Waals surface area contributed by atoms with Gasteiger partial charge in [-0.2, -0.15) is 4.98 Å². The Labute approximate surface area is 159 Å². The molecule has 0 bridgehead atoms. The first kappa shape index (κ1) is 16.8. The number of hydrogen-bond acceptors (Lipinski definition) is 6. The highest BCUT2D eigenvalue weighted by Gasteiger charge is 2.31. The number of rotatable bonds is 4. The van der Waals surface area contributed by atoms with E-state index in [9.17, 15) is 4.39 Å². The van der Waals surface area contributed by atoms with Gasteiger partial charge in [0.1, 0.15) is 23.3 Å². The van der Waals surface area contributed by atoms with E-state index in [-0.39, 0.29) is 12.0 Å². The molecule has 0 radical (unpaired) electrons. The van der Waals surface area contributed by atoms with Gasteiger partial charge in [0, 0.05) is 12.2 Å². The zero-order valence-corrected chi connectivity index (χ0v) is 14.8. The summed E-state index contributed by atoms with van der Waals surface area (Å²) in [6.07, 6.45) is 1.43. The van der Waals surface area contributed by atoms with Crippen molar-refractivity contribution in [3.8, 4) is 28.7 Å². The van der Waals surface area contributed by atoms with Crippen molar-refractivity contribution in [2.75, 3.05) is 6.61 Å². The maximum atomic E-state index is 14.4. The van der Waals surface area contributed by atoms with Crippen LogP contribution in [0.25, 0.3) is 28.7 Å². The van der Waals surface area contributed by atoms with E-state index in [0.717, 1.165) is 18.4 Å². The Bertz CT molecular complexity index is 1100. The van der Waals surface area contributed by atoms with Crippen molar-refractivity contribution in [1.29, 1.82) is 0 Å². The van der Waals surface area contributed by atoms with Crippen LogP contribution in [0.1, 0.15) is 24.6 Å². The minimum Gasteiger partial charge on any atom is -0.372 e. The molecule has 0 spiro atoms. The van der Waals surface area contributed by atoms with Gasteiger partial charge in [0.25, 0.3) is 5.89 Å². The zero-order chi connectivity index (χ0) is 18.9. The third-order valence-corrected chi connectivity index (χ3v) is 4.68. The molecule has 1 aliphatic rings. The number of nitrogens with zero attached hydrogens (tertiary/aromatic N) is 5. The summed E-state index contributed by atoms with van der Waals surface area (Å²) >= 11 is 0. The lowest BCUT2D eigenvalue weighted by atomic mass is 10.1. The molecule has 28 heavy (non-hydrogen) atoms. The van der Waals surface area contributed by atoms with Gasteiger partial charge in [-0.25, -0.2) is 9.07 Å². The highest BCUT2D eigenvalue weighted by atomic mass is 19.1. The van der Waals surface area contributed by atoms with E-state index in [1.165, 1.54) is 10.7 Å². The SMILES string of the molecule is Fc1ccccc1-n1nnc(-c2nc(-c3ccccc3)no2)c1C1CCCO1. The van der Waals surface area contributed by atoms with Crippen molar-refractivity contribution in [2.24, 2.45) is 0 Å². The lowest BCUT2D eigenvalue weighted by Crippen LogP contribution is -2.09. The van der Waals surface area contributed by atoms with E-state index in [1.54, 1.807) is 18.2 Å². The van der Waals surface area contributed by atoms with Crippen molar-refractivity contribution >= 4 is 0 Å². The van der Waals surface area contributed by atoms with Crippen LogP contribution in [0.2, 0.25) is 0 Å². The van der Waals surface area contributed by atoms with Crippen molar-refractivity contribution in [2.45, 2.75) is 18.9 Å². The highest BCUT2D eigenvalue weighted by Crippen LogP contribution is 2.36. The van der Waals surface area contributed by atoms with Crippen LogP contribution in [-0.4, -0.2) is 31.7 Å².